The Morgan fingerprint density at radius 3 is 2.41 bits per heavy atom. The lowest BCUT2D eigenvalue weighted by Gasteiger charge is -2.29. The van der Waals surface area contributed by atoms with Crippen LogP contribution >= 0.6 is 0 Å². The molecular formula is C34H31NO4. The van der Waals surface area contributed by atoms with E-state index < -0.39 is 6.29 Å². The number of benzene rings is 4. The first kappa shape index (κ1) is 25.1. The maximum Gasteiger partial charge on any atom is 0.286 e. The second kappa shape index (κ2) is 11.3. The summed E-state index contributed by atoms with van der Waals surface area (Å²) < 4.78 is 12.3. The van der Waals surface area contributed by atoms with Crippen molar-refractivity contribution in [3.05, 3.63) is 142 Å². The summed E-state index contributed by atoms with van der Waals surface area (Å²) in [7, 11) is 0. The minimum absolute atomic E-state index is 0.00601. The Balaban J connectivity index is 1.23. The van der Waals surface area contributed by atoms with Gasteiger partial charge in [-0.15, -0.1) is 0 Å². The molecule has 2 N–H and O–H groups in total. The largest absolute Gasteiger partial charge is 0.459 e. The van der Waals surface area contributed by atoms with E-state index in [1.165, 1.54) is 22.3 Å². The van der Waals surface area contributed by atoms with Crippen molar-refractivity contribution in [1.29, 1.82) is 0 Å². The molecule has 4 aromatic rings. The number of fused-ring (bicyclic) bond motifs is 3. The van der Waals surface area contributed by atoms with Gasteiger partial charge in [-0.2, -0.15) is 0 Å². The Morgan fingerprint density at radius 2 is 1.59 bits per heavy atom. The van der Waals surface area contributed by atoms with Crippen LogP contribution < -0.4 is 5.32 Å². The van der Waals surface area contributed by atoms with Gasteiger partial charge in [0.1, 0.15) is 0 Å². The number of hydrogen-bond acceptors (Lipinski definition) is 4. The number of aliphatic hydroxyl groups excluding tert-OH is 1. The number of carbonyl (C=O) groups excluding carboxylic acids is 1. The molecule has 196 valence electrons. The molecular weight excluding hydrogens is 486 g/mol. The van der Waals surface area contributed by atoms with Crippen LogP contribution in [-0.2, 0) is 40.4 Å². The molecule has 5 heteroatoms. The minimum Gasteiger partial charge on any atom is -0.459 e. The third-order valence-corrected chi connectivity index (χ3v) is 7.47. The second-order valence-corrected chi connectivity index (χ2v) is 10.1. The number of nitrogens with one attached hydrogen (secondary N) is 1. The Kier molecular flexibility index (Phi) is 7.26. The molecule has 0 radical (unpaired) electrons. The highest BCUT2D eigenvalue weighted by Crippen LogP contribution is 2.40. The Morgan fingerprint density at radius 1 is 0.846 bits per heavy atom. The van der Waals surface area contributed by atoms with Crippen molar-refractivity contribution in [2.45, 2.75) is 44.8 Å². The average Bonchev–Trinajstić information content (AvgIpc) is 3.37. The summed E-state index contributed by atoms with van der Waals surface area (Å²) in [4.78, 5) is 13.2. The van der Waals surface area contributed by atoms with Crippen LogP contribution in [0.15, 0.2) is 109 Å². The molecule has 0 fully saturated rings. The van der Waals surface area contributed by atoms with E-state index in [1.807, 2.05) is 60.7 Å². The quantitative estimate of drug-likeness (QED) is 0.265. The van der Waals surface area contributed by atoms with Crippen LogP contribution in [0.25, 0.3) is 11.1 Å². The SMILES string of the molecule is O=C(NCc1ccccc1)C1=C[C@@H](c2ccc3c(c2)-c2ccccc2C3)C[C@@H](OCc2ccc(CO)cc2)O1. The molecule has 5 nitrogen and oxygen atoms in total. The van der Waals surface area contributed by atoms with Gasteiger partial charge in [-0.25, -0.2) is 0 Å². The van der Waals surface area contributed by atoms with E-state index in [2.05, 4.69) is 47.8 Å². The van der Waals surface area contributed by atoms with Gasteiger partial charge in [-0.1, -0.05) is 97.1 Å². The van der Waals surface area contributed by atoms with Crippen molar-refractivity contribution in [2.75, 3.05) is 0 Å². The van der Waals surface area contributed by atoms with Crippen LogP contribution in [0.2, 0.25) is 0 Å². The van der Waals surface area contributed by atoms with Crippen molar-refractivity contribution >= 4 is 5.91 Å². The minimum atomic E-state index is -0.574. The van der Waals surface area contributed by atoms with Crippen molar-refractivity contribution in [2.24, 2.45) is 0 Å². The standard InChI is InChI=1S/C34H31NO4/c36-21-24-10-12-25(13-11-24)22-38-33-19-29(18-32(39-33)34(37)35-20-23-6-2-1-3-7-23)26-14-15-28-16-27-8-4-5-9-30(27)31(28)17-26/h1-15,17-18,29,33,36H,16,19-22H2,(H,35,37)/t29-,33+/m1/s1. The van der Waals surface area contributed by atoms with E-state index in [0.717, 1.165) is 28.7 Å². The zero-order valence-corrected chi connectivity index (χ0v) is 21.7. The molecule has 0 spiro atoms. The molecule has 1 amide bonds. The van der Waals surface area contributed by atoms with Crippen LogP contribution in [0.5, 0.6) is 0 Å². The van der Waals surface area contributed by atoms with Gasteiger partial charge >= 0.3 is 0 Å². The fraction of sp³-hybridized carbons (Fsp3) is 0.206. The summed E-state index contributed by atoms with van der Waals surface area (Å²) in [5, 5.41) is 12.3. The van der Waals surface area contributed by atoms with E-state index >= 15 is 0 Å². The topological polar surface area (TPSA) is 67.8 Å². The maximum atomic E-state index is 13.2. The van der Waals surface area contributed by atoms with Crippen molar-refractivity contribution in [1.82, 2.24) is 5.32 Å². The van der Waals surface area contributed by atoms with Gasteiger partial charge in [0.05, 0.1) is 13.2 Å². The molecule has 1 aliphatic carbocycles. The van der Waals surface area contributed by atoms with Gasteiger partial charge in [-0.3, -0.25) is 4.79 Å². The lowest BCUT2D eigenvalue weighted by atomic mass is 9.90. The molecule has 0 aromatic heterocycles. The Labute approximate surface area is 228 Å². The number of allylic oxidation sites excluding steroid dienone is 1. The van der Waals surface area contributed by atoms with Crippen LogP contribution in [0.1, 0.15) is 45.7 Å². The fourth-order valence-electron chi connectivity index (χ4n) is 5.32. The van der Waals surface area contributed by atoms with Gasteiger partial charge in [0.25, 0.3) is 5.91 Å². The second-order valence-electron chi connectivity index (χ2n) is 10.1. The number of rotatable bonds is 8. The first-order chi connectivity index (χ1) is 19.2. The van der Waals surface area contributed by atoms with Crippen molar-refractivity contribution in [3.8, 4) is 11.1 Å². The zero-order chi connectivity index (χ0) is 26.6. The number of carbonyl (C=O) groups is 1. The molecule has 1 heterocycles. The lowest BCUT2D eigenvalue weighted by molar-refractivity contribution is -0.150. The van der Waals surface area contributed by atoms with Gasteiger partial charge in [0.2, 0.25) is 6.29 Å². The monoisotopic (exact) mass is 517 g/mol. The maximum absolute atomic E-state index is 13.2. The summed E-state index contributed by atoms with van der Waals surface area (Å²) >= 11 is 0. The van der Waals surface area contributed by atoms with Crippen LogP contribution in [0, 0.1) is 0 Å². The Hall–Kier alpha value is -4.19. The summed E-state index contributed by atoms with van der Waals surface area (Å²) in [5.74, 6) is -0.00396. The molecule has 6 rings (SSSR count). The van der Waals surface area contributed by atoms with Gasteiger partial charge in [-0.05, 0) is 57.0 Å². The predicted octanol–water partition coefficient (Wildman–Crippen LogP) is 6.00. The van der Waals surface area contributed by atoms with E-state index in [0.29, 0.717) is 19.6 Å². The van der Waals surface area contributed by atoms with Crippen molar-refractivity contribution < 1.29 is 19.4 Å². The van der Waals surface area contributed by atoms with Gasteiger partial charge < -0.3 is 19.9 Å². The first-order valence-electron chi connectivity index (χ1n) is 13.4. The Bertz CT molecular complexity index is 1490. The lowest BCUT2D eigenvalue weighted by Crippen LogP contribution is -2.32. The highest BCUT2D eigenvalue weighted by atomic mass is 16.7. The molecule has 1 aliphatic heterocycles. The average molecular weight is 518 g/mol. The number of hydrogen-bond donors (Lipinski definition) is 2. The third-order valence-electron chi connectivity index (χ3n) is 7.47. The molecule has 0 unspecified atom stereocenters. The summed E-state index contributed by atoms with van der Waals surface area (Å²) in [5.41, 5.74) is 9.22. The first-order valence-corrected chi connectivity index (χ1v) is 13.4. The van der Waals surface area contributed by atoms with Crippen LogP contribution in [0.4, 0.5) is 0 Å². The van der Waals surface area contributed by atoms with E-state index in [9.17, 15) is 9.90 Å². The van der Waals surface area contributed by atoms with Crippen LogP contribution in [0.3, 0.4) is 0 Å². The van der Waals surface area contributed by atoms with Gasteiger partial charge in [0.15, 0.2) is 5.76 Å². The van der Waals surface area contributed by atoms with Gasteiger partial charge in [0, 0.05) is 18.9 Å². The molecule has 0 saturated carbocycles. The summed E-state index contributed by atoms with van der Waals surface area (Å²) in [6, 6.07) is 32.7. The molecule has 0 saturated heterocycles. The summed E-state index contributed by atoms with van der Waals surface area (Å²) in [6.07, 6.45) is 2.91. The molecule has 2 aliphatic rings. The van der Waals surface area contributed by atoms with E-state index in [-0.39, 0.29) is 24.2 Å². The van der Waals surface area contributed by atoms with E-state index in [4.69, 9.17) is 9.47 Å². The molecule has 2 atom stereocenters. The molecule has 0 bridgehead atoms. The van der Waals surface area contributed by atoms with Crippen LogP contribution in [-0.4, -0.2) is 17.3 Å². The number of ether oxygens (including phenoxy) is 2. The molecule has 39 heavy (non-hydrogen) atoms. The van der Waals surface area contributed by atoms with Crippen molar-refractivity contribution in [3.63, 3.8) is 0 Å². The smallest absolute Gasteiger partial charge is 0.286 e. The predicted molar refractivity (Wildman–Crippen MR) is 150 cm³/mol. The zero-order valence-electron chi connectivity index (χ0n) is 21.7. The van der Waals surface area contributed by atoms with E-state index in [1.54, 1.807) is 0 Å². The number of aliphatic hydroxyl groups is 1. The highest BCUT2D eigenvalue weighted by molar-refractivity contribution is 5.91. The third kappa shape index (κ3) is 5.65. The fourth-order valence-corrected chi connectivity index (χ4v) is 5.32. The molecule has 4 aromatic carbocycles. The normalized spacial score (nSPS) is 17.5. The summed E-state index contributed by atoms with van der Waals surface area (Å²) in [6.45, 7) is 0.773. The highest BCUT2D eigenvalue weighted by Gasteiger charge is 2.30. The number of amides is 1.